The van der Waals surface area contributed by atoms with Crippen LogP contribution in [0.3, 0.4) is 0 Å². The molecule has 0 spiro atoms. The largest absolute Gasteiger partial charge is 0.508 e. The van der Waals surface area contributed by atoms with Crippen LogP contribution in [0.5, 0.6) is 5.75 Å². The molecule has 2 aliphatic heterocycles. The molecule has 0 unspecified atom stereocenters. The van der Waals surface area contributed by atoms with Crippen molar-refractivity contribution in [3.05, 3.63) is 29.8 Å². The molecule has 0 radical (unpaired) electrons. The third-order valence-corrected chi connectivity index (χ3v) is 17.8. The molecule has 0 bridgehead atoms. The summed E-state index contributed by atoms with van der Waals surface area (Å²) in [5, 5.41) is 107. The number of likely N-dealkylation sites (tertiary alicyclic amines) is 2. The number of aliphatic imine (C=N–C) groups is 1. The molecule has 0 saturated carbocycles. The van der Waals surface area contributed by atoms with E-state index in [9.17, 15) is 122 Å². The lowest BCUT2D eigenvalue weighted by Gasteiger charge is -2.33. The summed E-state index contributed by atoms with van der Waals surface area (Å²) >= 11 is 0. The summed E-state index contributed by atoms with van der Waals surface area (Å²) < 4.78 is 0. The van der Waals surface area contributed by atoms with Crippen LogP contribution in [0.25, 0.3) is 0 Å². The summed E-state index contributed by atoms with van der Waals surface area (Å²) in [6, 6.07) is -16.5. The number of hydrogen-bond acceptors (Lipinski definition) is 24. The van der Waals surface area contributed by atoms with Crippen molar-refractivity contribution in [3.63, 3.8) is 0 Å². The fraction of sp³-hybridized carbons (Fsp3) is 0.632. The van der Waals surface area contributed by atoms with Gasteiger partial charge >= 0.3 is 23.9 Å². The quantitative estimate of drug-likeness (QED) is 0.0164. The Morgan fingerprint density at radius 1 is 0.446 bits per heavy atom. The number of nitrogens with one attached hydrogen (secondary N) is 12. The summed E-state index contributed by atoms with van der Waals surface area (Å²) in [5.41, 5.74) is 16.8. The topological polar surface area (TPSA) is 710 Å². The van der Waals surface area contributed by atoms with E-state index in [1.54, 1.807) is 27.7 Å². The first-order chi connectivity index (χ1) is 52.3. The minimum atomic E-state index is -2.15. The van der Waals surface area contributed by atoms with Crippen molar-refractivity contribution in [2.45, 2.75) is 223 Å². The number of rotatable bonds is 45. The predicted molar refractivity (Wildman–Crippen MR) is 388 cm³/mol. The van der Waals surface area contributed by atoms with Gasteiger partial charge in [0.05, 0.1) is 50.7 Å². The number of nitrogens with zero attached hydrogens (tertiary/aromatic N) is 3. The average molecular weight is 1590 g/mol. The number of phenolic OH excluding ortho intramolecular Hbond substituents is 1. The fourth-order valence-electron chi connectivity index (χ4n) is 11.7. The van der Waals surface area contributed by atoms with E-state index in [0.29, 0.717) is 6.42 Å². The Morgan fingerprint density at radius 3 is 1.29 bits per heavy atom. The first-order valence-electron chi connectivity index (χ1n) is 36.0. The Kier molecular flexibility index (Phi) is 38.1. The smallest absolute Gasteiger partial charge is 0.326 e. The van der Waals surface area contributed by atoms with E-state index in [0.717, 1.165) is 13.8 Å². The molecule has 2 fully saturated rings. The van der Waals surface area contributed by atoms with Crippen molar-refractivity contribution in [3.8, 4) is 5.75 Å². The van der Waals surface area contributed by atoms with Gasteiger partial charge in [-0.1, -0.05) is 53.7 Å². The van der Waals surface area contributed by atoms with Crippen molar-refractivity contribution in [1.82, 2.24) is 73.6 Å². The van der Waals surface area contributed by atoms with Gasteiger partial charge in [-0.05, 0) is 94.7 Å². The van der Waals surface area contributed by atoms with Crippen LogP contribution >= 0.6 is 0 Å². The zero-order chi connectivity index (χ0) is 84.9. The summed E-state index contributed by atoms with van der Waals surface area (Å²) in [4.78, 5) is 246. The standard InChI is InChI=1S/C68H106N18O26/c1-29(2)50(81-64(108)54(34(9)89)84-60(104)43-15-12-22-86(43)66(110)52(31(5)6)82-62(106)51(30(3)4)80-59(103)42-14-11-21-85(42)65(109)49(69)32(7)87)61(105)79-40(25-47(95)96)58(102)83-53(33(8)88)63(107)78-38(23-35-16-18-36(90)19-17-35)57(101)77-39(24-46(93)94)56(100)74-27-44(91)75-37(13-10-20-72-68(70)71)55(99)73-28-45(92)76-41(67(111)112)26-48(97)98/h16-19,29-34,37-43,49-54,87-90H,10-15,20-28,69H2,1-9H3,(H,73,99)(H,74,100)(H,75,91)(H,76,92)(H,77,101)(H,78,107)(H,79,105)(H,80,103)(H,81,108)(H,82,106)(H,83,102)(H,84,104)(H,93,94)(H,95,96)(H,97,98)(H,111,112)(H4,70,71,72)/t32-,33-,34-,37+,38+,39+,40+,41+,42+,43+,49+,50+,51+,52+,53+,54+/m1/s1. The molecule has 3 rings (SSSR count). The van der Waals surface area contributed by atoms with E-state index in [4.69, 9.17) is 22.3 Å². The molecule has 2 aliphatic rings. The minimum Gasteiger partial charge on any atom is -0.508 e. The van der Waals surface area contributed by atoms with Crippen molar-refractivity contribution >= 4 is 113 Å². The fourth-order valence-corrected chi connectivity index (χ4v) is 11.7. The number of hydrogen-bond donors (Lipinski definition) is 23. The summed E-state index contributed by atoms with van der Waals surface area (Å²) in [6.45, 7) is 10.8. The number of aliphatic carboxylic acids is 4. The summed E-state index contributed by atoms with van der Waals surface area (Å²) in [5.74, 6) is -24.5. The molecular formula is C68H106N18O26. The lowest BCUT2D eigenvalue weighted by atomic mass is 9.98. The molecular weight excluding hydrogens is 1480 g/mol. The number of phenols is 1. The van der Waals surface area contributed by atoms with Gasteiger partial charge < -0.3 is 132 Å². The summed E-state index contributed by atoms with van der Waals surface area (Å²) in [7, 11) is 0. The minimum absolute atomic E-state index is 0.00452. The number of carboxylic acids is 4. The van der Waals surface area contributed by atoms with Crippen LogP contribution in [0.15, 0.2) is 29.3 Å². The van der Waals surface area contributed by atoms with Crippen LogP contribution in [0.4, 0.5) is 0 Å². The van der Waals surface area contributed by atoms with E-state index in [2.05, 4.69) is 63.5 Å². The molecule has 112 heavy (non-hydrogen) atoms. The predicted octanol–water partition coefficient (Wildman–Crippen LogP) is -9.00. The van der Waals surface area contributed by atoms with Gasteiger partial charge in [-0.15, -0.1) is 0 Å². The lowest BCUT2D eigenvalue weighted by Crippen LogP contribution is -2.63. The Morgan fingerprint density at radius 2 is 0.821 bits per heavy atom. The SMILES string of the molecule is CC(C)[C@H](NC(=O)[C@@H](NC(=O)[C@@H]1CCCN1C(=O)[C@@H](NC(=O)[C@@H](NC(=O)[C@@H]1CCCN1C(=O)[C@@H](N)[C@@H](C)O)C(C)C)C(C)C)[C@@H](C)O)C(=O)N[C@@H](CC(=O)O)C(=O)N[C@H](C(=O)N[C@@H](Cc1ccc(O)cc1)C(=O)N[C@@H](CC(=O)O)C(=O)NCC(=O)N[C@@H](CCCN=C(N)N)C(=O)NCC(=O)N[C@@H](CC(=O)O)C(=O)O)[C@@H](C)O. The van der Waals surface area contributed by atoms with Crippen molar-refractivity contribution < 1.29 is 127 Å². The molecule has 14 amide bonds. The Labute approximate surface area is 642 Å². The maximum atomic E-state index is 14.4. The molecule has 0 aromatic heterocycles. The molecule has 2 saturated heterocycles. The number of nitrogens with two attached hydrogens (primary N) is 3. The Bertz CT molecular complexity index is 3590. The van der Waals surface area contributed by atoms with Gasteiger partial charge in [0.1, 0.15) is 84.3 Å². The number of carbonyl (C=O) groups excluding carboxylic acids is 14. The zero-order valence-corrected chi connectivity index (χ0v) is 63.4. The van der Waals surface area contributed by atoms with Crippen LogP contribution in [0, 0.1) is 17.8 Å². The number of carbonyl (C=O) groups is 18. The van der Waals surface area contributed by atoms with Gasteiger partial charge in [0.25, 0.3) is 0 Å². The number of benzene rings is 1. The molecule has 1 aromatic carbocycles. The van der Waals surface area contributed by atoms with Crippen LogP contribution in [0.2, 0.25) is 0 Å². The highest BCUT2D eigenvalue weighted by Gasteiger charge is 2.45. The lowest BCUT2D eigenvalue weighted by molar-refractivity contribution is -0.147. The Hall–Kier alpha value is -11.4. The number of aliphatic hydroxyl groups excluding tert-OH is 3. The van der Waals surface area contributed by atoms with Gasteiger partial charge in [0, 0.05) is 26.1 Å². The summed E-state index contributed by atoms with van der Waals surface area (Å²) in [6.07, 6.45) is -8.17. The maximum Gasteiger partial charge on any atom is 0.326 e. The van der Waals surface area contributed by atoms with Gasteiger partial charge in [0.2, 0.25) is 82.7 Å². The number of carboxylic acid groups (broad SMARTS) is 4. The van der Waals surface area contributed by atoms with E-state index in [1.807, 2.05) is 5.32 Å². The van der Waals surface area contributed by atoms with Crippen LogP contribution in [-0.4, -0.2) is 293 Å². The monoisotopic (exact) mass is 1590 g/mol. The highest BCUT2D eigenvalue weighted by atomic mass is 16.4. The normalized spacial score (nSPS) is 17.7. The first kappa shape index (κ1) is 94.8. The third-order valence-electron chi connectivity index (χ3n) is 17.8. The number of guanidine groups is 1. The molecule has 44 nitrogen and oxygen atoms in total. The van der Waals surface area contributed by atoms with Gasteiger partial charge in [-0.2, -0.15) is 0 Å². The second-order valence-corrected chi connectivity index (χ2v) is 28.1. The maximum absolute atomic E-state index is 14.4. The van der Waals surface area contributed by atoms with E-state index in [-0.39, 0.29) is 69.0 Å². The molecule has 26 N–H and O–H groups in total. The van der Waals surface area contributed by atoms with Crippen LogP contribution in [0.1, 0.15) is 126 Å². The van der Waals surface area contributed by atoms with Crippen molar-refractivity contribution in [1.29, 1.82) is 0 Å². The van der Waals surface area contributed by atoms with Gasteiger partial charge in [-0.25, -0.2) is 4.79 Å². The zero-order valence-electron chi connectivity index (χ0n) is 63.4. The molecule has 0 aliphatic carbocycles. The van der Waals surface area contributed by atoms with Crippen molar-refractivity contribution in [2.75, 3.05) is 32.7 Å². The van der Waals surface area contributed by atoms with Gasteiger partial charge in [-0.3, -0.25) is 86.5 Å². The van der Waals surface area contributed by atoms with E-state index < -0.39 is 260 Å². The highest BCUT2D eigenvalue weighted by Crippen LogP contribution is 2.24. The number of amides is 14. The highest BCUT2D eigenvalue weighted by molar-refractivity contribution is 6.01. The second-order valence-electron chi connectivity index (χ2n) is 28.1. The third kappa shape index (κ3) is 30.5. The second kappa shape index (κ2) is 45.0. The van der Waals surface area contributed by atoms with Crippen molar-refractivity contribution in [2.24, 2.45) is 39.9 Å². The number of aromatic hydroxyl groups is 1. The molecule has 44 heteroatoms. The molecule has 2 heterocycles. The molecule has 16 atom stereocenters. The van der Waals surface area contributed by atoms with Gasteiger partial charge in [0.15, 0.2) is 5.96 Å². The van der Waals surface area contributed by atoms with E-state index >= 15 is 0 Å². The number of aliphatic hydroxyl groups is 3. The first-order valence-corrected chi connectivity index (χ1v) is 36.0. The van der Waals surface area contributed by atoms with E-state index in [1.165, 1.54) is 54.8 Å². The molecule has 1 aromatic rings. The van der Waals surface area contributed by atoms with Crippen LogP contribution < -0.4 is 81.0 Å². The Balaban J connectivity index is 1.82. The molecule has 624 valence electrons. The van der Waals surface area contributed by atoms with Crippen LogP contribution in [-0.2, 0) is 92.7 Å². The average Bonchev–Trinajstić information content (AvgIpc) is 1.61.